The van der Waals surface area contributed by atoms with Crippen molar-refractivity contribution in [3.05, 3.63) is 90.0 Å². The van der Waals surface area contributed by atoms with E-state index in [9.17, 15) is 4.79 Å². The second kappa shape index (κ2) is 6.76. The highest BCUT2D eigenvalue weighted by molar-refractivity contribution is 6.37. The summed E-state index contributed by atoms with van der Waals surface area (Å²) >= 11 is 0. The van der Waals surface area contributed by atoms with Crippen LogP contribution in [0.2, 0.25) is 0 Å². The van der Waals surface area contributed by atoms with Gasteiger partial charge in [0.2, 0.25) is 0 Å². The van der Waals surface area contributed by atoms with Gasteiger partial charge in [-0.15, -0.1) is 0 Å². The van der Waals surface area contributed by atoms with E-state index >= 15 is 0 Å². The van der Waals surface area contributed by atoms with E-state index in [4.69, 9.17) is 4.74 Å². The second-order valence-corrected chi connectivity index (χ2v) is 5.94. The van der Waals surface area contributed by atoms with Crippen LogP contribution >= 0.6 is 0 Å². The van der Waals surface area contributed by atoms with Gasteiger partial charge in [0.15, 0.2) is 0 Å². The Morgan fingerprint density at radius 3 is 2.38 bits per heavy atom. The number of nitrogens with one attached hydrogen (secondary N) is 2. The van der Waals surface area contributed by atoms with Gasteiger partial charge < -0.3 is 15.4 Å². The lowest BCUT2D eigenvalue weighted by Gasteiger charge is -2.16. The lowest BCUT2D eigenvalue weighted by atomic mass is 10.00. The number of carbonyl (C=O) groups excluding carboxylic acids is 1. The number of hydrogen-bond acceptors (Lipinski definition) is 3. The van der Waals surface area contributed by atoms with Crippen LogP contribution in [-0.4, -0.2) is 13.0 Å². The topological polar surface area (TPSA) is 50.4 Å². The largest absolute Gasteiger partial charge is 0.495 e. The van der Waals surface area contributed by atoms with Crippen molar-refractivity contribution in [2.24, 2.45) is 0 Å². The molecule has 4 rings (SSSR count). The highest BCUT2D eigenvalue weighted by Gasteiger charge is 2.28. The second-order valence-electron chi connectivity index (χ2n) is 5.94. The van der Waals surface area contributed by atoms with Crippen LogP contribution in [0.15, 0.2) is 78.9 Å². The minimum absolute atomic E-state index is 0.118. The summed E-state index contributed by atoms with van der Waals surface area (Å²) in [5.41, 5.74) is 4.82. The fraction of sp³-hybridized carbons (Fsp3) is 0.0455. The van der Waals surface area contributed by atoms with Gasteiger partial charge in [-0.25, -0.2) is 0 Å². The van der Waals surface area contributed by atoms with Gasteiger partial charge in [0, 0.05) is 11.3 Å². The van der Waals surface area contributed by atoms with Gasteiger partial charge in [0.05, 0.1) is 24.1 Å². The fourth-order valence-electron chi connectivity index (χ4n) is 3.13. The zero-order valence-corrected chi connectivity index (χ0v) is 14.3. The normalized spacial score (nSPS) is 14.4. The molecule has 0 saturated carbocycles. The van der Waals surface area contributed by atoms with Gasteiger partial charge in [-0.1, -0.05) is 60.7 Å². The summed E-state index contributed by atoms with van der Waals surface area (Å²) in [5.74, 6) is 0.598. The van der Waals surface area contributed by atoms with Crippen LogP contribution in [0.25, 0.3) is 11.3 Å². The van der Waals surface area contributed by atoms with E-state index in [0.717, 1.165) is 28.2 Å². The molecule has 1 aliphatic heterocycles. The first kappa shape index (κ1) is 16.0. The highest BCUT2D eigenvalue weighted by atomic mass is 16.5. The Balaban J connectivity index is 1.92. The van der Waals surface area contributed by atoms with E-state index in [0.29, 0.717) is 11.3 Å². The molecule has 0 unspecified atom stereocenters. The summed E-state index contributed by atoms with van der Waals surface area (Å²) in [6, 6.07) is 25.2. The molecular formula is C22H18N2O2. The standard InChI is InChI=1S/C22H18N2O2/c1-26-19-14-8-7-13-18(19)23-21(15-9-3-2-4-10-15)20-16-11-5-6-12-17(16)24-22(20)25/h2-14,23H,1H3,(H,24,25)/b21-20-. The van der Waals surface area contributed by atoms with E-state index in [1.54, 1.807) is 7.11 Å². The first-order chi connectivity index (χ1) is 12.8. The maximum Gasteiger partial charge on any atom is 0.258 e. The number of methoxy groups -OCH3 is 1. The SMILES string of the molecule is COc1ccccc1N/C(=C1\C(=O)Nc2ccccc21)c1ccccc1. The van der Waals surface area contributed by atoms with Crippen LogP contribution < -0.4 is 15.4 Å². The van der Waals surface area contributed by atoms with Crippen LogP contribution in [0.1, 0.15) is 11.1 Å². The number of anilines is 2. The molecule has 3 aromatic rings. The highest BCUT2D eigenvalue weighted by Crippen LogP contribution is 2.38. The number of ether oxygens (including phenoxy) is 1. The molecule has 128 valence electrons. The van der Waals surface area contributed by atoms with E-state index < -0.39 is 0 Å². The van der Waals surface area contributed by atoms with Crippen molar-refractivity contribution in [3.63, 3.8) is 0 Å². The summed E-state index contributed by atoms with van der Waals surface area (Å²) in [5, 5.41) is 6.37. The maximum atomic E-state index is 12.8. The molecule has 0 aliphatic carbocycles. The molecule has 4 nitrogen and oxygen atoms in total. The molecule has 3 aromatic carbocycles. The van der Waals surface area contributed by atoms with Gasteiger partial charge >= 0.3 is 0 Å². The fourth-order valence-corrected chi connectivity index (χ4v) is 3.13. The Hall–Kier alpha value is -3.53. The van der Waals surface area contributed by atoms with E-state index in [2.05, 4.69) is 10.6 Å². The first-order valence-corrected chi connectivity index (χ1v) is 8.38. The van der Waals surface area contributed by atoms with Crippen molar-refractivity contribution >= 4 is 28.6 Å². The molecule has 1 heterocycles. The van der Waals surface area contributed by atoms with Crippen LogP contribution in [-0.2, 0) is 4.79 Å². The lowest BCUT2D eigenvalue weighted by molar-refractivity contribution is -0.110. The van der Waals surface area contributed by atoms with Crippen molar-refractivity contribution in [2.75, 3.05) is 17.7 Å². The van der Waals surface area contributed by atoms with E-state index in [1.807, 2.05) is 78.9 Å². The summed E-state index contributed by atoms with van der Waals surface area (Å²) in [6.07, 6.45) is 0. The molecule has 1 aliphatic rings. The number of benzene rings is 3. The first-order valence-electron chi connectivity index (χ1n) is 8.38. The monoisotopic (exact) mass is 342 g/mol. The van der Waals surface area contributed by atoms with Crippen molar-refractivity contribution in [1.82, 2.24) is 0 Å². The number of rotatable bonds is 4. The van der Waals surface area contributed by atoms with Crippen LogP contribution in [0.3, 0.4) is 0 Å². The van der Waals surface area contributed by atoms with Crippen LogP contribution in [0.5, 0.6) is 5.75 Å². The zero-order chi connectivity index (χ0) is 17.9. The molecule has 0 atom stereocenters. The smallest absolute Gasteiger partial charge is 0.258 e. The molecule has 4 heteroatoms. The van der Waals surface area contributed by atoms with Crippen LogP contribution in [0.4, 0.5) is 11.4 Å². The summed E-state index contributed by atoms with van der Waals surface area (Å²) in [7, 11) is 1.63. The number of hydrogen-bond donors (Lipinski definition) is 2. The summed E-state index contributed by atoms with van der Waals surface area (Å²) in [4.78, 5) is 12.8. The van der Waals surface area contributed by atoms with Gasteiger partial charge in [-0.05, 0) is 23.8 Å². The zero-order valence-electron chi connectivity index (χ0n) is 14.3. The minimum atomic E-state index is -0.118. The van der Waals surface area contributed by atoms with Gasteiger partial charge in [0.1, 0.15) is 5.75 Å². The molecule has 0 radical (unpaired) electrons. The number of fused-ring (bicyclic) bond motifs is 1. The van der Waals surface area contributed by atoms with Gasteiger partial charge in [-0.3, -0.25) is 4.79 Å². The third kappa shape index (κ3) is 2.82. The maximum absolute atomic E-state index is 12.8. The van der Waals surface area contributed by atoms with Crippen molar-refractivity contribution in [2.45, 2.75) is 0 Å². The molecule has 0 aromatic heterocycles. The van der Waals surface area contributed by atoms with Crippen LogP contribution in [0, 0.1) is 0 Å². The van der Waals surface area contributed by atoms with Gasteiger partial charge in [-0.2, -0.15) is 0 Å². The Bertz CT molecular complexity index is 994. The number of amides is 1. The average Bonchev–Trinajstić information content (AvgIpc) is 3.02. The van der Waals surface area contributed by atoms with Gasteiger partial charge in [0.25, 0.3) is 5.91 Å². The average molecular weight is 342 g/mol. The summed E-state index contributed by atoms with van der Waals surface area (Å²) in [6.45, 7) is 0. The third-order valence-corrected chi connectivity index (χ3v) is 4.35. The molecule has 0 fully saturated rings. The molecular weight excluding hydrogens is 324 g/mol. The van der Waals surface area contributed by atoms with Crippen molar-refractivity contribution in [1.29, 1.82) is 0 Å². The molecule has 2 N–H and O–H groups in total. The molecule has 0 bridgehead atoms. The molecule has 1 amide bonds. The van der Waals surface area contributed by atoms with Crippen molar-refractivity contribution < 1.29 is 9.53 Å². The predicted molar refractivity (Wildman–Crippen MR) is 105 cm³/mol. The molecule has 26 heavy (non-hydrogen) atoms. The Labute approximate surface area is 152 Å². The minimum Gasteiger partial charge on any atom is -0.495 e. The predicted octanol–water partition coefficient (Wildman–Crippen LogP) is 4.63. The van der Waals surface area contributed by atoms with E-state index in [1.165, 1.54) is 0 Å². The Kier molecular flexibility index (Phi) is 4.15. The Morgan fingerprint density at radius 1 is 0.885 bits per heavy atom. The van der Waals surface area contributed by atoms with Crippen molar-refractivity contribution in [3.8, 4) is 5.75 Å². The van der Waals surface area contributed by atoms with E-state index in [-0.39, 0.29) is 5.91 Å². The lowest BCUT2D eigenvalue weighted by Crippen LogP contribution is -2.10. The third-order valence-electron chi connectivity index (χ3n) is 4.35. The summed E-state index contributed by atoms with van der Waals surface area (Å²) < 4.78 is 5.46. The molecule has 0 spiro atoms. The Morgan fingerprint density at radius 2 is 1.58 bits per heavy atom. The number of carbonyl (C=O) groups is 1. The number of para-hydroxylation sites is 3. The quantitative estimate of drug-likeness (QED) is 0.680. The molecule has 0 saturated heterocycles.